The first-order valence-electron chi connectivity index (χ1n) is 9.82. The van der Waals surface area contributed by atoms with Crippen molar-refractivity contribution in [2.24, 2.45) is 0 Å². The fraction of sp³-hybridized carbons (Fsp3) is 0.789. The standard InChI is InChI=1S/C19H31N5O2/c1-5-22(16(4)25)17-11-19(9-7-6-8-10-19)23(12-17)18(26)13-24-15(3)20-14(2)21-24/h17H,5-13H2,1-4H3. The zero-order chi connectivity index (χ0) is 18.9. The Labute approximate surface area is 155 Å². The van der Waals surface area contributed by atoms with Gasteiger partial charge in [0, 0.05) is 25.6 Å². The molecule has 2 aliphatic rings. The molecule has 1 spiro atoms. The van der Waals surface area contributed by atoms with Gasteiger partial charge in [-0.2, -0.15) is 5.10 Å². The molecule has 2 heterocycles. The zero-order valence-electron chi connectivity index (χ0n) is 16.5. The van der Waals surface area contributed by atoms with E-state index in [-0.39, 0.29) is 29.9 Å². The van der Waals surface area contributed by atoms with Gasteiger partial charge in [-0.1, -0.05) is 19.3 Å². The number of aromatic nitrogens is 3. The predicted octanol–water partition coefficient (Wildman–Crippen LogP) is 2.07. The number of amides is 2. The van der Waals surface area contributed by atoms with Crippen molar-refractivity contribution in [2.45, 2.75) is 84.3 Å². The van der Waals surface area contributed by atoms with Gasteiger partial charge >= 0.3 is 0 Å². The van der Waals surface area contributed by atoms with Crippen LogP contribution in [0.15, 0.2) is 0 Å². The summed E-state index contributed by atoms with van der Waals surface area (Å²) in [6.07, 6.45) is 6.54. The quantitative estimate of drug-likeness (QED) is 0.823. The van der Waals surface area contributed by atoms with Crippen LogP contribution < -0.4 is 0 Å². The SMILES string of the molecule is CCN(C(C)=O)C1CN(C(=O)Cn2nc(C)nc2C)C2(CCCCC2)C1. The van der Waals surface area contributed by atoms with Crippen molar-refractivity contribution in [3.63, 3.8) is 0 Å². The number of carbonyl (C=O) groups is 2. The molecule has 1 atom stereocenters. The Bertz CT molecular complexity index is 677. The van der Waals surface area contributed by atoms with E-state index in [1.165, 1.54) is 6.42 Å². The van der Waals surface area contributed by atoms with E-state index >= 15 is 0 Å². The van der Waals surface area contributed by atoms with Crippen LogP contribution in [0.1, 0.15) is 64.0 Å². The molecular formula is C19H31N5O2. The number of hydrogen-bond donors (Lipinski definition) is 0. The van der Waals surface area contributed by atoms with E-state index in [1.54, 1.807) is 11.6 Å². The largest absolute Gasteiger partial charge is 0.338 e. The minimum atomic E-state index is -0.0909. The Hall–Kier alpha value is -1.92. The zero-order valence-corrected chi connectivity index (χ0v) is 16.5. The van der Waals surface area contributed by atoms with Crippen molar-refractivity contribution in [1.29, 1.82) is 0 Å². The topological polar surface area (TPSA) is 71.3 Å². The number of likely N-dealkylation sites (N-methyl/N-ethyl adjacent to an activating group) is 1. The number of hydrogen-bond acceptors (Lipinski definition) is 4. The first-order valence-corrected chi connectivity index (χ1v) is 9.82. The molecule has 26 heavy (non-hydrogen) atoms. The maximum absolute atomic E-state index is 13.2. The highest BCUT2D eigenvalue weighted by Crippen LogP contribution is 2.43. The highest BCUT2D eigenvalue weighted by Gasteiger charge is 2.49. The number of aryl methyl sites for hydroxylation is 2. The average molecular weight is 361 g/mol. The molecule has 0 aromatic carbocycles. The van der Waals surface area contributed by atoms with Crippen molar-refractivity contribution in [3.8, 4) is 0 Å². The lowest BCUT2D eigenvalue weighted by atomic mass is 9.79. The highest BCUT2D eigenvalue weighted by atomic mass is 16.2. The molecule has 2 amide bonds. The number of likely N-dealkylation sites (tertiary alicyclic amines) is 1. The van der Waals surface area contributed by atoms with Gasteiger partial charge in [0.15, 0.2) is 0 Å². The third-order valence-electron chi connectivity index (χ3n) is 6.10. The van der Waals surface area contributed by atoms with Crippen LogP contribution in [0.5, 0.6) is 0 Å². The summed E-state index contributed by atoms with van der Waals surface area (Å²) in [5, 5.41) is 4.35. The van der Waals surface area contributed by atoms with Crippen molar-refractivity contribution in [1.82, 2.24) is 24.6 Å². The van der Waals surface area contributed by atoms with E-state index in [0.29, 0.717) is 18.9 Å². The second kappa shape index (κ2) is 7.37. The van der Waals surface area contributed by atoms with Crippen molar-refractivity contribution >= 4 is 11.8 Å². The number of nitrogens with zero attached hydrogens (tertiary/aromatic N) is 5. The molecule has 0 N–H and O–H groups in total. The van der Waals surface area contributed by atoms with Gasteiger partial charge in [-0.05, 0) is 40.0 Å². The van der Waals surface area contributed by atoms with Crippen LogP contribution >= 0.6 is 0 Å². The molecule has 1 saturated carbocycles. The minimum Gasteiger partial charge on any atom is -0.338 e. The smallest absolute Gasteiger partial charge is 0.244 e. The van der Waals surface area contributed by atoms with Crippen molar-refractivity contribution in [2.75, 3.05) is 13.1 Å². The summed E-state index contributed by atoms with van der Waals surface area (Å²) in [6, 6.07) is 0.123. The lowest BCUT2D eigenvalue weighted by Gasteiger charge is -2.41. The first-order chi connectivity index (χ1) is 12.4. The van der Waals surface area contributed by atoms with Crippen molar-refractivity contribution < 1.29 is 9.59 Å². The molecule has 1 aromatic rings. The van der Waals surface area contributed by atoms with Crippen LogP contribution in [-0.4, -0.2) is 61.0 Å². The van der Waals surface area contributed by atoms with Gasteiger partial charge in [-0.15, -0.1) is 0 Å². The molecule has 144 valence electrons. The van der Waals surface area contributed by atoms with Crippen LogP contribution in [0.2, 0.25) is 0 Å². The molecule has 7 heteroatoms. The van der Waals surface area contributed by atoms with Gasteiger partial charge in [-0.25, -0.2) is 9.67 Å². The van der Waals surface area contributed by atoms with Crippen LogP contribution in [-0.2, 0) is 16.1 Å². The van der Waals surface area contributed by atoms with Gasteiger partial charge in [0.2, 0.25) is 11.8 Å². The fourth-order valence-electron chi connectivity index (χ4n) is 4.94. The Morgan fingerprint density at radius 1 is 1.23 bits per heavy atom. The third kappa shape index (κ3) is 3.48. The highest BCUT2D eigenvalue weighted by molar-refractivity contribution is 5.78. The van der Waals surface area contributed by atoms with E-state index in [9.17, 15) is 9.59 Å². The van der Waals surface area contributed by atoms with E-state index in [4.69, 9.17) is 0 Å². The summed E-state index contributed by atoms with van der Waals surface area (Å²) in [4.78, 5) is 33.6. The molecule has 7 nitrogen and oxygen atoms in total. The van der Waals surface area contributed by atoms with Gasteiger partial charge in [0.05, 0.1) is 6.04 Å². The molecule has 1 saturated heterocycles. The molecule has 1 aliphatic carbocycles. The number of carbonyl (C=O) groups excluding carboxylic acids is 2. The third-order valence-corrected chi connectivity index (χ3v) is 6.10. The second-order valence-electron chi connectivity index (χ2n) is 7.82. The van der Waals surface area contributed by atoms with Gasteiger partial charge in [-0.3, -0.25) is 9.59 Å². The first kappa shape index (κ1) is 18.9. The van der Waals surface area contributed by atoms with Crippen LogP contribution in [0.25, 0.3) is 0 Å². The molecule has 1 unspecified atom stereocenters. The van der Waals surface area contributed by atoms with E-state index in [0.717, 1.165) is 37.9 Å². The summed E-state index contributed by atoms with van der Waals surface area (Å²) < 4.78 is 1.70. The molecule has 3 rings (SSSR count). The molecule has 1 aromatic heterocycles. The monoisotopic (exact) mass is 361 g/mol. The summed E-state index contributed by atoms with van der Waals surface area (Å²) in [5.41, 5.74) is -0.0909. The molecule has 0 bridgehead atoms. The summed E-state index contributed by atoms with van der Waals surface area (Å²) in [6.45, 7) is 8.93. The lowest BCUT2D eigenvalue weighted by molar-refractivity contribution is -0.138. The summed E-state index contributed by atoms with van der Waals surface area (Å²) >= 11 is 0. The predicted molar refractivity (Wildman–Crippen MR) is 98.5 cm³/mol. The normalized spacial score (nSPS) is 22.0. The molecule has 1 aliphatic heterocycles. The second-order valence-corrected chi connectivity index (χ2v) is 7.82. The van der Waals surface area contributed by atoms with E-state index in [2.05, 4.69) is 15.0 Å². The Kier molecular flexibility index (Phi) is 5.34. The van der Waals surface area contributed by atoms with Crippen LogP contribution in [0, 0.1) is 13.8 Å². The lowest BCUT2D eigenvalue weighted by Crippen LogP contribution is -2.49. The molecular weight excluding hydrogens is 330 g/mol. The Morgan fingerprint density at radius 3 is 2.46 bits per heavy atom. The van der Waals surface area contributed by atoms with E-state index in [1.807, 2.05) is 25.7 Å². The van der Waals surface area contributed by atoms with Gasteiger partial charge < -0.3 is 9.80 Å². The summed E-state index contributed by atoms with van der Waals surface area (Å²) in [5.74, 6) is 1.65. The Morgan fingerprint density at radius 2 is 1.92 bits per heavy atom. The number of rotatable bonds is 4. The van der Waals surface area contributed by atoms with E-state index < -0.39 is 0 Å². The molecule has 2 fully saturated rings. The van der Waals surface area contributed by atoms with Crippen LogP contribution in [0.3, 0.4) is 0 Å². The van der Waals surface area contributed by atoms with Gasteiger partial charge in [0.25, 0.3) is 0 Å². The fourth-order valence-corrected chi connectivity index (χ4v) is 4.94. The van der Waals surface area contributed by atoms with Gasteiger partial charge in [0.1, 0.15) is 18.2 Å². The Balaban J connectivity index is 1.83. The maximum Gasteiger partial charge on any atom is 0.244 e. The minimum absolute atomic E-state index is 0.0909. The van der Waals surface area contributed by atoms with Crippen LogP contribution in [0.4, 0.5) is 0 Å². The summed E-state index contributed by atoms with van der Waals surface area (Å²) in [7, 11) is 0. The maximum atomic E-state index is 13.2. The average Bonchev–Trinajstić information content (AvgIpc) is 3.09. The molecule has 0 radical (unpaired) electrons. The van der Waals surface area contributed by atoms with Crippen molar-refractivity contribution in [3.05, 3.63) is 11.6 Å².